The van der Waals surface area contributed by atoms with Crippen LogP contribution in [0.15, 0.2) is 36.8 Å². The zero-order valence-corrected chi connectivity index (χ0v) is 10.7. The maximum absolute atomic E-state index is 13.1. The molecule has 96 valence electrons. The number of imidazole rings is 1. The minimum atomic E-state index is -0.220. The maximum Gasteiger partial charge on any atom is 0.123 e. The first-order valence-corrected chi connectivity index (χ1v) is 6.08. The van der Waals surface area contributed by atoms with Crippen molar-refractivity contribution in [2.24, 2.45) is 11.7 Å². The van der Waals surface area contributed by atoms with E-state index in [0.717, 1.165) is 11.3 Å². The Morgan fingerprint density at radius 1 is 1.39 bits per heavy atom. The molecular formula is C14H18FN3. The molecule has 0 bridgehead atoms. The topological polar surface area (TPSA) is 43.8 Å². The number of hydrogen-bond donors (Lipinski definition) is 1. The Labute approximate surface area is 106 Å². The molecule has 1 aromatic heterocycles. The lowest BCUT2D eigenvalue weighted by Gasteiger charge is -2.17. The molecule has 1 unspecified atom stereocenters. The third-order valence-electron chi connectivity index (χ3n) is 3.05. The molecule has 4 heteroatoms. The summed E-state index contributed by atoms with van der Waals surface area (Å²) >= 11 is 0. The van der Waals surface area contributed by atoms with E-state index in [0.29, 0.717) is 12.5 Å². The normalized spacial score (nSPS) is 12.9. The molecule has 2 rings (SSSR count). The van der Waals surface area contributed by atoms with Gasteiger partial charge in [0.1, 0.15) is 5.82 Å². The van der Waals surface area contributed by atoms with Gasteiger partial charge in [0, 0.05) is 18.8 Å². The predicted molar refractivity (Wildman–Crippen MR) is 69.5 cm³/mol. The third-order valence-corrected chi connectivity index (χ3v) is 3.05. The Kier molecular flexibility index (Phi) is 3.77. The first kappa shape index (κ1) is 12.8. The molecule has 2 N–H and O–H groups in total. The van der Waals surface area contributed by atoms with Crippen LogP contribution in [-0.4, -0.2) is 9.55 Å². The third kappa shape index (κ3) is 2.76. The van der Waals surface area contributed by atoms with Crippen LogP contribution in [0.2, 0.25) is 0 Å². The molecule has 0 radical (unpaired) electrons. The largest absolute Gasteiger partial charge is 0.329 e. The molecule has 0 amide bonds. The Morgan fingerprint density at radius 2 is 2.17 bits per heavy atom. The quantitative estimate of drug-likeness (QED) is 0.902. The smallest absolute Gasteiger partial charge is 0.123 e. The van der Waals surface area contributed by atoms with Crippen LogP contribution in [0.1, 0.15) is 31.1 Å². The molecule has 18 heavy (non-hydrogen) atoms. The highest BCUT2D eigenvalue weighted by Crippen LogP contribution is 2.19. The second-order valence-electron chi connectivity index (χ2n) is 4.85. The molecule has 0 aliphatic heterocycles. The van der Waals surface area contributed by atoms with Gasteiger partial charge in [-0.15, -0.1) is 0 Å². The van der Waals surface area contributed by atoms with E-state index in [1.807, 2.05) is 10.6 Å². The lowest BCUT2D eigenvalue weighted by molar-refractivity contribution is 0.484. The van der Waals surface area contributed by atoms with E-state index in [1.54, 1.807) is 18.6 Å². The van der Waals surface area contributed by atoms with Crippen LogP contribution in [0.3, 0.4) is 0 Å². The Bertz CT molecular complexity index is 519. The van der Waals surface area contributed by atoms with Crippen molar-refractivity contribution in [2.75, 3.05) is 0 Å². The van der Waals surface area contributed by atoms with E-state index in [2.05, 4.69) is 18.8 Å². The molecule has 0 aliphatic carbocycles. The van der Waals surface area contributed by atoms with Gasteiger partial charge in [-0.05, 0) is 23.6 Å². The summed E-state index contributed by atoms with van der Waals surface area (Å²) in [4.78, 5) is 4.13. The van der Waals surface area contributed by atoms with Gasteiger partial charge in [-0.25, -0.2) is 9.37 Å². The number of aromatic nitrogens is 2. The van der Waals surface area contributed by atoms with Crippen molar-refractivity contribution < 1.29 is 4.39 Å². The van der Waals surface area contributed by atoms with Crippen molar-refractivity contribution in [2.45, 2.75) is 26.4 Å². The maximum atomic E-state index is 13.1. The van der Waals surface area contributed by atoms with Gasteiger partial charge >= 0.3 is 0 Å². The number of hydrogen-bond acceptors (Lipinski definition) is 2. The Hall–Kier alpha value is -1.68. The number of nitrogens with zero attached hydrogens (tertiary/aromatic N) is 2. The van der Waals surface area contributed by atoms with Gasteiger partial charge in [-0.2, -0.15) is 0 Å². The second-order valence-corrected chi connectivity index (χ2v) is 4.85. The molecule has 0 saturated heterocycles. The van der Waals surface area contributed by atoms with E-state index in [-0.39, 0.29) is 11.9 Å². The lowest BCUT2D eigenvalue weighted by atomic mass is 10.0. The molecule has 1 heterocycles. The molecule has 2 aromatic rings. The summed E-state index contributed by atoms with van der Waals surface area (Å²) in [6.45, 7) is 4.74. The average molecular weight is 247 g/mol. The van der Waals surface area contributed by atoms with Crippen molar-refractivity contribution in [1.29, 1.82) is 0 Å². The van der Waals surface area contributed by atoms with Gasteiger partial charge in [0.15, 0.2) is 0 Å². The van der Waals surface area contributed by atoms with Crippen LogP contribution < -0.4 is 5.73 Å². The summed E-state index contributed by atoms with van der Waals surface area (Å²) in [5.41, 5.74) is 8.02. The summed E-state index contributed by atoms with van der Waals surface area (Å²) in [7, 11) is 0. The fourth-order valence-electron chi connectivity index (χ4n) is 1.91. The van der Waals surface area contributed by atoms with Gasteiger partial charge in [0.25, 0.3) is 0 Å². The van der Waals surface area contributed by atoms with Crippen molar-refractivity contribution in [1.82, 2.24) is 9.55 Å². The van der Waals surface area contributed by atoms with E-state index < -0.39 is 0 Å². The average Bonchev–Trinajstić information content (AvgIpc) is 2.76. The Balaban J connectivity index is 2.22. The molecule has 0 spiro atoms. The van der Waals surface area contributed by atoms with Gasteiger partial charge < -0.3 is 10.3 Å². The van der Waals surface area contributed by atoms with Crippen molar-refractivity contribution in [3.05, 3.63) is 53.9 Å². The van der Waals surface area contributed by atoms with Crippen LogP contribution in [-0.2, 0) is 6.54 Å². The van der Waals surface area contributed by atoms with Crippen LogP contribution in [0.5, 0.6) is 0 Å². The monoisotopic (exact) mass is 247 g/mol. The van der Waals surface area contributed by atoms with E-state index in [1.165, 1.54) is 12.1 Å². The van der Waals surface area contributed by atoms with Gasteiger partial charge in [-0.1, -0.05) is 26.0 Å². The molecule has 0 saturated carbocycles. The fourth-order valence-corrected chi connectivity index (χ4v) is 1.91. The van der Waals surface area contributed by atoms with E-state index >= 15 is 0 Å². The highest BCUT2D eigenvalue weighted by atomic mass is 19.1. The Morgan fingerprint density at radius 3 is 2.83 bits per heavy atom. The summed E-state index contributed by atoms with van der Waals surface area (Å²) < 4.78 is 15.1. The number of halogens is 1. The van der Waals surface area contributed by atoms with Crippen LogP contribution in [0, 0.1) is 11.7 Å². The van der Waals surface area contributed by atoms with Gasteiger partial charge in [0.2, 0.25) is 0 Å². The van der Waals surface area contributed by atoms with Crippen LogP contribution >= 0.6 is 0 Å². The van der Waals surface area contributed by atoms with Gasteiger partial charge in [-0.3, -0.25) is 0 Å². The predicted octanol–water partition coefficient (Wildman–Crippen LogP) is 2.73. The van der Waals surface area contributed by atoms with Crippen LogP contribution in [0.25, 0.3) is 0 Å². The highest BCUT2D eigenvalue weighted by Gasteiger charge is 2.15. The van der Waals surface area contributed by atoms with E-state index in [9.17, 15) is 4.39 Å². The molecule has 3 nitrogen and oxygen atoms in total. The van der Waals surface area contributed by atoms with Crippen LogP contribution in [0.4, 0.5) is 4.39 Å². The summed E-state index contributed by atoms with van der Waals surface area (Å²) in [5.74, 6) is 0.121. The zero-order chi connectivity index (χ0) is 13.1. The fraction of sp³-hybridized carbons (Fsp3) is 0.357. The number of nitrogens with two attached hydrogens (primary N) is 1. The second kappa shape index (κ2) is 5.31. The number of benzene rings is 1. The summed E-state index contributed by atoms with van der Waals surface area (Å²) in [6.07, 6.45) is 3.52. The SMILES string of the molecule is CC(C)C(N)c1cncn1Cc1cccc(F)c1. The molecule has 0 fully saturated rings. The minimum absolute atomic E-state index is 0.0546. The van der Waals surface area contributed by atoms with E-state index in [4.69, 9.17) is 5.73 Å². The summed E-state index contributed by atoms with van der Waals surface area (Å²) in [5, 5.41) is 0. The zero-order valence-electron chi connectivity index (χ0n) is 10.7. The molecule has 0 aliphatic rings. The standard InChI is InChI=1S/C14H18FN3/c1-10(2)14(16)13-7-17-9-18(13)8-11-4-3-5-12(15)6-11/h3-7,9-10,14H,8,16H2,1-2H3. The van der Waals surface area contributed by atoms with Crippen molar-refractivity contribution >= 4 is 0 Å². The van der Waals surface area contributed by atoms with Crippen molar-refractivity contribution in [3.63, 3.8) is 0 Å². The number of rotatable bonds is 4. The molecular weight excluding hydrogens is 229 g/mol. The lowest BCUT2D eigenvalue weighted by Crippen LogP contribution is -2.20. The first-order chi connectivity index (χ1) is 8.58. The van der Waals surface area contributed by atoms with Crippen molar-refractivity contribution in [3.8, 4) is 0 Å². The minimum Gasteiger partial charge on any atom is -0.329 e. The summed E-state index contributed by atoms with van der Waals surface area (Å²) in [6, 6.07) is 6.53. The van der Waals surface area contributed by atoms with Gasteiger partial charge in [0.05, 0.1) is 12.0 Å². The molecule has 1 aromatic carbocycles. The highest BCUT2D eigenvalue weighted by molar-refractivity contribution is 5.18. The molecule has 1 atom stereocenters. The first-order valence-electron chi connectivity index (χ1n) is 6.08.